The van der Waals surface area contributed by atoms with Crippen molar-refractivity contribution in [1.29, 1.82) is 0 Å². The van der Waals surface area contributed by atoms with Crippen molar-refractivity contribution >= 4 is 11.6 Å². The fourth-order valence-corrected chi connectivity index (χ4v) is 1.67. The van der Waals surface area contributed by atoms with Gasteiger partial charge in [-0.3, -0.25) is 4.68 Å². The molecule has 0 N–H and O–H groups in total. The molecule has 2 rings (SSSR count). The number of ether oxygens (including phenoxy) is 1. The first-order valence-corrected chi connectivity index (χ1v) is 5.58. The Morgan fingerprint density at radius 2 is 2.24 bits per heavy atom. The van der Waals surface area contributed by atoms with Crippen LogP contribution in [0.4, 0.5) is 0 Å². The molecule has 2 aromatic rings. The molecule has 0 unspecified atom stereocenters. The van der Waals surface area contributed by atoms with Gasteiger partial charge in [-0.1, -0.05) is 11.6 Å². The molecular weight excluding hydrogens is 240 g/mol. The van der Waals surface area contributed by atoms with Gasteiger partial charge in [0.1, 0.15) is 11.0 Å². The highest BCUT2D eigenvalue weighted by molar-refractivity contribution is 6.29. The fraction of sp³-hybridized carbons (Fsp3) is 0.364. The summed E-state index contributed by atoms with van der Waals surface area (Å²) in [5, 5.41) is 4.54. The maximum absolute atomic E-state index is 5.97. The van der Waals surface area contributed by atoms with Crippen LogP contribution in [0.3, 0.4) is 0 Å². The highest BCUT2D eigenvalue weighted by Crippen LogP contribution is 2.19. The van der Waals surface area contributed by atoms with Crippen molar-refractivity contribution in [2.45, 2.75) is 6.42 Å². The number of aryl methyl sites for hydroxylation is 1. The molecule has 0 aliphatic rings. The van der Waals surface area contributed by atoms with E-state index >= 15 is 0 Å². The minimum atomic E-state index is 0.435. The van der Waals surface area contributed by atoms with E-state index in [9.17, 15) is 0 Å². The van der Waals surface area contributed by atoms with Gasteiger partial charge in [0.2, 0.25) is 0 Å². The Morgan fingerprint density at radius 3 is 2.88 bits per heavy atom. The Balaban J connectivity index is 2.31. The van der Waals surface area contributed by atoms with Crippen LogP contribution < -0.4 is 0 Å². The maximum atomic E-state index is 5.97. The molecule has 90 valence electrons. The van der Waals surface area contributed by atoms with Crippen molar-refractivity contribution in [3.8, 4) is 11.3 Å². The van der Waals surface area contributed by atoms with Gasteiger partial charge in [0.25, 0.3) is 0 Å². The topological polar surface area (TPSA) is 52.8 Å². The van der Waals surface area contributed by atoms with Gasteiger partial charge in [0.15, 0.2) is 0 Å². The SMILES string of the molecule is COCCc1nc(Cl)cc(-c2cnn(C)c2)n1. The zero-order valence-electron chi connectivity index (χ0n) is 9.72. The van der Waals surface area contributed by atoms with Crippen molar-refractivity contribution < 1.29 is 4.74 Å². The fourth-order valence-electron chi connectivity index (χ4n) is 1.47. The smallest absolute Gasteiger partial charge is 0.133 e. The maximum Gasteiger partial charge on any atom is 0.133 e. The molecule has 0 bridgehead atoms. The van der Waals surface area contributed by atoms with Gasteiger partial charge in [0, 0.05) is 38.4 Å². The van der Waals surface area contributed by atoms with Gasteiger partial charge in [-0.05, 0) is 0 Å². The summed E-state index contributed by atoms with van der Waals surface area (Å²) in [7, 11) is 3.50. The van der Waals surface area contributed by atoms with Crippen LogP contribution in [0, 0.1) is 0 Å². The number of rotatable bonds is 4. The quantitative estimate of drug-likeness (QED) is 0.778. The summed E-state index contributed by atoms with van der Waals surface area (Å²) in [5.74, 6) is 0.679. The third kappa shape index (κ3) is 3.01. The Morgan fingerprint density at radius 1 is 1.41 bits per heavy atom. The minimum Gasteiger partial charge on any atom is -0.384 e. The van der Waals surface area contributed by atoms with E-state index in [0.717, 1.165) is 11.3 Å². The molecule has 5 nitrogen and oxygen atoms in total. The summed E-state index contributed by atoms with van der Waals surface area (Å²) < 4.78 is 6.72. The molecule has 6 heteroatoms. The second-order valence-electron chi connectivity index (χ2n) is 3.64. The number of hydrogen-bond acceptors (Lipinski definition) is 4. The van der Waals surface area contributed by atoms with Crippen LogP contribution in [0.5, 0.6) is 0 Å². The molecule has 17 heavy (non-hydrogen) atoms. The number of aromatic nitrogens is 4. The summed E-state index contributed by atoms with van der Waals surface area (Å²) in [4.78, 5) is 8.58. The van der Waals surface area contributed by atoms with Crippen molar-refractivity contribution in [3.63, 3.8) is 0 Å². The van der Waals surface area contributed by atoms with Crippen LogP contribution in [0.25, 0.3) is 11.3 Å². The van der Waals surface area contributed by atoms with E-state index in [2.05, 4.69) is 15.1 Å². The summed E-state index contributed by atoms with van der Waals surface area (Å²) in [5.41, 5.74) is 1.71. The largest absolute Gasteiger partial charge is 0.384 e. The average Bonchev–Trinajstić information content (AvgIpc) is 2.72. The van der Waals surface area contributed by atoms with E-state index in [-0.39, 0.29) is 0 Å². The molecule has 0 aromatic carbocycles. The third-order valence-electron chi connectivity index (χ3n) is 2.27. The van der Waals surface area contributed by atoms with Crippen LogP contribution in [-0.2, 0) is 18.2 Å². The molecule has 0 spiro atoms. The second kappa shape index (κ2) is 5.25. The van der Waals surface area contributed by atoms with Gasteiger partial charge in [-0.2, -0.15) is 5.10 Å². The molecule has 2 heterocycles. The molecule has 0 aliphatic carbocycles. The van der Waals surface area contributed by atoms with E-state index in [0.29, 0.717) is 24.0 Å². The summed E-state index contributed by atoms with van der Waals surface area (Å²) >= 11 is 5.97. The number of halogens is 1. The lowest BCUT2D eigenvalue weighted by atomic mass is 10.2. The second-order valence-corrected chi connectivity index (χ2v) is 4.02. The predicted molar refractivity (Wildman–Crippen MR) is 64.8 cm³/mol. The van der Waals surface area contributed by atoms with E-state index in [1.807, 2.05) is 13.2 Å². The van der Waals surface area contributed by atoms with Gasteiger partial charge < -0.3 is 4.74 Å². The lowest BCUT2D eigenvalue weighted by Crippen LogP contribution is -2.01. The Hall–Kier alpha value is -1.46. The molecule has 0 saturated carbocycles. The Kier molecular flexibility index (Phi) is 3.71. The van der Waals surface area contributed by atoms with E-state index in [4.69, 9.17) is 16.3 Å². The van der Waals surface area contributed by atoms with Crippen LogP contribution in [0.2, 0.25) is 5.15 Å². The van der Waals surface area contributed by atoms with E-state index < -0.39 is 0 Å². The molecule has 0 saturated heterocycles. The van der Waals surface area contributed by atoms with Crippen LogP contribution in [0.1, 0.15) is 5.82 Å². The third-order valence-corrected chi connectivity index (χ3v) is 2.47. The molecule has 0 radical (unpaired) electrons. The molecule has 0 amide bonds. The molecule has 0 aliphatic heterocycles. The van der Waals surface area contributed by atoms with E-state index in [1.54, 1.807) is 24.1 Å². The van der Waals surface area contributed by atoms with Crippen LogP contribution in [0.15, 0.2) is 18.5 Å². The van der Waals surface area contributed by atoms with Crippen molar-refractivity contribution in [2.75, 3.05) is 13.7 Å². The first-order valence-electron chi connectivity index (χ1n) is 5.20. The summed E-state index contributed by atoms with van der Waals surface area (Å²) in [6.45, 7) is 0.576. The minimum absolute atomic E-state index is 0.435. The van der Waals surface area contributed by atoms with Gasteiger partial charge >= 0.3 is 0 Å². The van der Waals surface area contributed by atoms with Gasteiger partial charge in [-0.15, -0.1) is 0 Å². The molecule has 0 fully saturated rings. The standard InChI is InChI=1S/C11H13ClN4O/c1-16-7-8(6-13-16)9-5-10(12)15-11(14-9)3-4-17-2/h5-7H,3-4H2,1-2H3. The number of nitrogens with zero attached hydrogens (tertiary/aromatic N) is 4. The predicted octanol–water partition coefficient (Wildman–Crippen LogP) is 1.72. The first kappa shape index (κ1) is 12.0. The highest BCUT2D eigenvalue weighted by Gasteiger charge is 2.07. The Labute approximate surface area is 104 Å². The molecule has 0 atom stereocenters. The van der Waals surface area contributed by atoms with E-state index in [1.165, 1.54) is 0 Å². The van der Waals surface area contributed by atoms with Crippen molar-refractivity contribution in [2.24, 2.45) is 7.05 Å². The zero-order chi connectivity index (χ0) is 12.3. The Bertz CT molecular complexity index is 512. The first-order chi connectivity index (χ1) is 8.19. The molecular formula is C11H13ClN4O. The lowest BCUT2D eigenvalue weighted by Gasteiger charge is -2.03. The lowest BCUT2D eigenvalue weighted by molar-refractivity contribution is 0.200. The van der Waals surface area contributed by atoms with Gasteiger partial charge in [0.05, 0.1) is 18.5 Å². The molecule has 2 aromatic heterocycles. The normalized spacial score (nSPS) is 10.8. The highest BCUT2D eigenvalue weighted by atomic mass is 35.5. The van der Waals surface area contributed by atoms with Crippen molar-refractivity contribution in [3.05, 3.63) is 29.4 Å². The van der Waals surface area contributed by atoms with Crippen LogP contribution >= 0.6 is 11.6 Å². The average molecular weight is 253 g/mol. The summed E-state index contributed by atoms with van der Waals surface area (Å²) in [6, 6.07) is 1.73. The van der Waals surface area contributed by atoms with Crippen molar-refractivity contribution in [1.82, 2.24) is 19.7 Å². The summed E-state index contributed by atoms with van der Waals surface area (Å²) in [6.07, 6.45) is 4.28. The van der Waals surface area contributed by atoms with Gasteiger partial charge in [-0.25, -0.2) is 9.97 Å². The van der Waals surface area contributed by atoms with Crippen LogP contribution in [-0.4, -0.2) is 33.5 Å². The number of hydrogen-bond donors (Lipinski definition) is 0. The number of methoxy groups -OCH3 is 1. The monoisotopic (exact) mass is 252 g/mol. The zero-order valence-corrected chi connectivity index (χ0v) is 10.5.